The quantitative estimate of drug-likeness (QED) is 0.582. The summed E-state index contributed by atoms with van der Waals surface area (Å²) in [6.45, 7) is 8.87. The number of rotatable bonds is 7. The molecule has 1 heterocycles. The molecule has 1 aliphatic rings. The summed E-state index contributed by atoms with van der Waals surface area (Å²) >= 11 is 0. The fourth-order valence-electron chi connectivity index (χ4n) is 3.94. The minimum absolute atomic E-state index is 0.374. The van der Waals surface area contributed by atoms with E-state index in [-0.39, 0.29) is 0 Å². The third kappa shape index (κ3) is 4.97. The van der Waals surface area contributed by atoms with Crippen molar-refractivity contribution in [3.63, 3.8) is 0 Å². The maximum absolute atomic E-state index is 12.8. The standard InChI is InChI=1S/C24H31NO2/c1-16-5-6-17(2)22(11-16)23(26)13-19(4)18(3)12-20-7-9-21(10-8-20)24-14-25-15-27-24/h7-10,14-16,18-19H,5-6,11-13H2,1-4H3. The van der Waals surface area contributed by atoms with Gasteiger partial charge in [0.25, 0.3) is 0 Å². The lowest BCUT2D eigenvalue weighted by Gasteiger charge is -2.25. The van der Waals surface area contributed by atoms with Gasteiger partial charge in [0.05, 0.1) is 6.20 Å². The number of ketones is 1. The Morgan fingerprint density at radius 3 is 2.63 bits per heavy atom. The zero-order chi connectivity index (χ0) is 19.4. The Bertz CT molecular complexity index is 786. The molecule has 144 valence electrons. The largest absolute Gasteiger partial charge is 0.444 e. The second kappa shape index (κ2) is 8.69. The molecule has 3 rings (SSSR count). The minimum Gasteiger partial charge on any atom is -0.444 e. The first kappa shape index (κ1) is 19.6. The average molecular weight is 366 g/mol. The second-order valence-corrected chi connectivity index (χ2v) is 8.46. The van der Waals surface area contributed by atoms with E-state index in [0.717, 1.165) is 36.2 Å². The summed E-state index contributed by atoms with van der Waals surface area (Å²) in [5, 5.41) is 0. The molecule has 2 aromatic rings. The summed E-state index contributed by atoms with van der Waals surface area (Å²) in [6.07, 6.45) is 8.11. The van der Waals surface area contributed by atoms with Gasteiger partial charge in [0.2, 0.25) is 0 Å². The van der Waals surface area contributed by atoms with Gasteiger partial charge in [0.1, 0.15) is 0 Å². The zero-order valence-corrected chi connectivity index (χ0v) is 17.0. The van der Waals surface area contributed by atoms with Gasteiger partial charge in [-0.2, -0.15) is 0 Å². The highest BCUT2D eigenvalue weighted by Gasteiger charge is 2.24. The average Bonchev–Trinajstić information content (AvgIpc) is 3.19. The van der Waals surface area contributed by atoms with E-state index in [1.807, 2.05) is 0 Å². The predicted molar refractivity (Wildman–Crippen MR) is 109 cm³/mol. The van der Waals surface area contributed by atoms with Crippen LogP contribution in [0.1, 0.15) is 58.9 Å². The number of benzene rings is 1. The number of hydrogen-bond donors (Lipinski definition) is 0. The van der Waals surface area contributed by atoms with Gasteiger partial charge in [-0.25, -0.2) is 4.98 Å². The molecule has 0 aliphatic heterocycles. The van der Waals surface area contributed by atoms with Crippen molar-refractivity contribution in [1.29, 1.82) is 0 Å². The van der Waals surface area contributed by atoms with Gasteiger partial charge in [-0.1, -0.05) is 50.6 Å². The Morgan fingerprint density at radius 1 is 1.22 bits per heavy atom. The highest BCUT2D eigenvalue weighted by Crippen LogP contribution is 2.32. The monoisotopic (exact) mass is 365 g/mol. The molecule has 0 saturated carbocycles. The summed E-state index contributed by atoms with van der Waals surface area (Å²) in [5.74, 6) is 2.65. The van der Waals surface area contributed by atoms with Crippen molar-refractivity contribution in [3.05, 3.63) is 53.6 Å². The molecule has 0 radical (unpaired) electrons. The van der Waals surface area contributed by atoms with Crippen LogP contribution in [-0.2, 0) is 11.2 Å². The van der Waals surface area contributed by atoms with Crippen LogP contribution in [0.3, 0.4) is 0 Å². The lowest BCUT2D eigenvalue weighted by atomic mass is 9.79. The molecule has 1 aromatic heterocycles. The van der Waals surface area contributed by atoms with E-state index in [1.165, 1.54) is 24.0 Å². The molecule has 0 spiro atoms. The number of Topliss-reactive ketones (excluding diaryl/α,β-unsaturated/α-hetero) is 1. The molecule has 3 atom stereocenters. The topological polar surface area (TPSA) is 43.1 Å². The highest BCUT2D eigenvalue weighted by atomic mass is 16.3. The Morgan fingerprint density at radius 2 is 1.96 bits per heavy atom. The van der Waals surface area contributed by atoms with E-state index < -0.39 is 0 Å². The molecule has 3 unspecified atom stereocenters. The maximum Gasteiger partial charge on any atom is 0.181 e. The number of carbonyl (C=O) groups is 1. The van der Waals surface area contributed by atoms with Crippen LogP contribution >= 0.6 is 0 Å². The van der Waals surface area contributed by atoms with Crippen molar-refractivity contribution in [2.24, 2.45) is 17.8 Å². The van der Waals surface area contributed by atoms with Crippen LogP contribution in [0.15, 0.2) is 52.4 Å². The summed E-state index contributed by atoms with van der Waals surface area (Å²) in [7, 11) is 0. The fraction of sp³-hybridized carbons (Fsp3) is 0.500. The van der Waals surface area contributed by atoms with Crippen molar-refractivity contribution in [3.8, 4) is 11.3 Å². The van der Waals surface area contributed by atoms with E-state index in [0.29, 0.717) is 30.0 Å². The van der Waals surface area contributed by atoms with Crippen LogP contribution in [0.25, 0.3) is 11.3 Å². The molecule has 3 heteroatoms. The molecule has 0 fully saturated rings. The van der Waals surface area contributed by atoms with Gasteiger partial charge in [-0.15, -0.1) is 0 Å². The first-order valence-corrected chi connectivity index (χ1v) is 10.1. The fourth-order valence-corrected chi connectivity index (χ4v) is 3.94. The van der Waals surface area contributed by atoms with Crippen molar-refractivity contribution in [2.45, 2.75) is 59.8 Å². The molecular formula is C24H31NO2. The number of aromatic nitrogens is 1. The van der Waals surface area contributed by atoms with Crippen LogP contribution in [0.4, 0.5) is 0 Å². The maximum atomic E-state index is 12.8. The predicted octanol–water partition coefficient (Wildman–Crippen LogP) is 6.25. The first-order chi connectivity index (χ1) is 12.9. The normalized spacial score (nSPS) is 19.8. The number of nitrogens with zero attached hydrogens (tertiary/aromatic N) is 1. The summed E-state index contributed by atoms with van der Waals surface area (Å²) in [6, 6.07) is 8.46. The van der Waals surface area contributed by atoms with Crippen LogP contribution in [0, 0.1) is 17.8 Å². The summed E-state index contributed by atoms with van der Waals surface area (Å²) in [5.41, 5.74) is 4.78. The summed E-state index contributed by atoms with van der Waals surface area (Å²) in [4.78, 5) is 16.8. The van der Waals surface area contributed by atoms with E-state index >= 15 is 0 Å². The Kier molecular flexibility index (Phi) is 6.30. The van der Waals surface area contributed by atoms with Crippen molar-refractivity contribution < 1.29 is 9.21 Å². The van der Waals surface area contributed by atoms with Gasteiger partial charge >= 0.3 is 0 Å². The molecule has 1 aromatic carbocycles. The van der Waals surface area contributed by atoms with Crippen LogP contribution in [0.2, 0.25) is 0 Å². The van der Waals surface area contributed by atoms with Gasteiger partial charge in [0, 0.05) is 12.0 Å². The molecule has 0 bridgehead atoms. The van der Waals surface area contributed by atoms with Gasteiger partial charge < -0.3 is 4.42 Å². The highest BCUT2D eigenvalue weighted by molar-refractivity contribution is 5.96. The van der Waals surface area contributed by atoms with Crippen LogP contribution < -0.4 is 0 Å². The molecule has 3 nitrogen and oxygen atoms in total. The van der Waals surface area contributed by atoms with Crippen molar-refractivity contribution in [2.75, 3.05) is 0 Å². The number of hydrogen-bond acceptors (Lipinski definition) is 3. The third-order valence-corrected chi connectivity index (χ3v) is 6.12. The molecule has 27 heavy (non-hydrogen) atoms. The number of oxazole rings is 1. The first-order valence-electron chi connectivity index (χ1n) is 10.1. The van der Waals surface area contributed by atoms with E-state index in [1.54, 1.807) is 6.20 Å². The summed E-state index contributed by atoms with van der Waals surface area (Å²) < 4.78 is 5.34. The van der Waals surface area contributed by atoms with Gasteiger partial charge in [0.15, 0.2) is 17.9 Å². The number of carbonyl (C=O) groups excluding carboxylic acids is 1. The molecule has 1 aliphatic carbocycles. The molecular weight excluding hydrogens is 334 g/mol. The van der Waals surface area contributed by atoms with E-state index in [4.69, 9.17) is 4.42 Å². The van der Waals surface area contributed by atoms with Crippen LogP contribution in [0.5, 0.6) is 0 Å². The van der Waals surface area contributed by atoms with Crippen molar-refractivity contribution in [1.82, 2.24) is 4.98 Å². The minimum atomic E-state index is 0.374. The van der Waals surface area contributed by atoms with Crippen molar-refractivity contribution >= 4 is 5.78 Å². The molecule has 0 saturated heterocycles. The lowest BCUT2D eigenvalue weighted by molar-refractivity contribution is -0.117. The van der Waals surface area contributed by atoms with E-state index in [9.17, 15) is 4.79 Å². The smallest absolute Gasteiger partial charge is 0.181 e. The third-order valence-electron chi connectivity index (χ3n) is 6.12. The van der Waals surface area contributed by atoms with Gasteiger partial charge in [-0.3, -0.25) is 4.79 Å². The van der Waals surface area contributed by atoms with Gasteiger partial charge in [-0.05, 0) is 61.5 Å². The zero-order valence-electron chi connectivity index (χ0n) is 17.0. The number of allylic oxidation sites excluding steroid dienone is 2. The Hall–Kier alpha value is -2.16. The Labute approximate surface area is 162 Å². The second-order valence-electron chi connectivity index (χ2n) is 8.46. The lowest BCUT2D eigenvalue weighted by Crippen LogP contribution is -2.19. The Balaban J connectivity index is 1.57. The molecule has 0 amide bonds. The SMILES string of the molecule is CC1=C(C(=O)CC(C)C(C)Cc2ccc(-c3cnco3)cc2)CC(C)CC1. The van der Waals surface area contributed by atoms with Crippen LogP contribution in [-0.4, -0.2) is 10.8 Å². The molecule has 0 N–H and O–H groups in total. The van der Waals surface area contributed by atoms with E-state index in [2.05, 4.69) is 56.9 Å².